The van der Waals surface area contributed by atoms with Crippen molar-refractivity contribution in [3.63, 3.8) is 0 Å². The fraction of sp³-hybridized carbons (Fsp3) is 0.167. The van der Waals surface area contributed by atoms with E-state index in [1.54, 1.807) is 18.3 Å². The van der Waals surface area contributed by atoms with Crippen molar-refractivity contribution in [1.82, 2.24) is 24.2 Å². The van der Waals surface area contributed by atoms with E-state index in [2.05, 4.69) is 25.0 Å². The highest BCUT2D eigenvalue weighted by molar-refractivity contribution is 7.92. The molecular weight excluding hydrogens is 364 g/mol. The number of hydrogen-bond donors (Lipinski definition) is 2. The number of aryl methyl sites for hydroxylation is 1. The summed E-state index contributed by atoms with van der Waals surface area (Å²) >= 11 is 0. The van der Waals surface area contributed by atoms with Gasteiger partial charge in [-0.15, -0.1) is 0 Å². The molecule has 0 unspecified atom stereocenters. The Morgan fingerprint density at radius 1 is 1.11 bits per heavy atom. The van der Waals surface area contributed by atoms with Gasteiger partial charge in [-0.3, -0.25) is 4.57 Å². The van der Waals surface area contributed by atoms with Gasteiger partial charge in [0, 0.05) is 37.0 Å². The molecule has 0 aliphatic rings. The molecule has 3 rings (SSSR count). The van der Waals surface area contributed by atoms with Gasteiger partial charge in [-0.2, -0.15) is 0 Å². The second-order valence-corrected chi connectivity index (χ2v) is 7.34. The highest BCUT2D eigenvalue weighted by atomic mass is 32.2. The predicted octanol–water partition coefficient (Wildman–Crippen LogP) is 1.97. The summed E-state index contributed by atoms with van der Waals surface area (Å²) in [4.78, 5) is 12.5. The number of sulfonamides is 1. The van der Waals surface area contributed by atoms with Crippen LogP contribution in [0.25, 0.3) is 11.9 Å². The van der Waals surface area contributed by atoms with Gasteiger partial charge in [0.15, 0.2) is 0 Å². The highest BCUT2D eigenvalue weighted by Gasteiger charge is 2.06. The number of anilines is 1. The van der Waals surface area contributed by atoms with Crippen LogP contribution in [0.2, 0.25) is 0 Å². The molecule has 0 saturated heterocycles. The third-order valence-corrected chi connectivity index (χ3v) is 4.80. The number of benzene rings is 1. The van der Waals surface area contributed by atoms with E-state index in [1.165, 1.54) is 6.33 Å². The summed E-state index contributed by atoms with van der Waals surface area (Å²) in [6, 6.07) is 11.0. The van der Waals surface area contributed by atoms with Gasteiger partial charge in [0.2, 0.25) is 10.0 Å². The van der Waals surface area contributed by atoms with Gasteiger partial charge in [-0.1, -0.05) is 30.3 Å². The molecule has 0 radical (unpaired) electrons. The molecule has 27 heavy (non-hydrogen) atoms. The molecular formula is C18H20N6O2S. The molecule has 0 saturated carbocycles. The zero-order valence-corrected chi connectivity index (χ0v) is 15.6. The lowest BCUT2D eigenvalue weighted by molar-refractivity contribution is 0.592. The lowest BCUT2D eigenvalue weighted by Gasteiger charge is -2.08. The molecule has 3 aromatic rings. The summed E-state index contributed by atoms with van der Waals surface area (Å²) in [6.45, 7) is 2.50. The standard InChI is InChI=1S/C18H20N6O2S/c1-15-19-10-11-24(15)18-13-17(21-14-22-18)20-8-9-23-27(25,26)12-7-16-5-3-2-4-6-16/h2-7,10-14,23H,8-9H2,1H3,(H,20,21,22)/b12-7+. The van der Waals surface area contributed by atoms with Crippen molar-refractivity contribution in [1.29, 1.82) is 0 Å². The molecule has 2 aromatic heterocycles. The maximum atomic E-state index is 12.0. The zero-order chi connectivity index (χ0) is 19.1. The molecule has 2 heterocycles. The van der Waals surface area contributed by atoms with E-state index in [4.69, 9.17) is 0 Å². The maximum Gasteiger partial charge on any atom is 0.233 e. The molecule has 0 spiro atoms. The van der Waals surface area contributed by atoms with Crippen LogP contribution in [-0.2, 0) is 10.0 Å². The van der Waals surface area contributed by atoms with Crippen molar-refractivity contribution in [2.24, 2.45) is 0 Å². The molecule has 9 heteroatoms. The minimum Gasteiger partial charge on any atom is -0.369 e. The van der Waals surface area contributed by atoms with Crippen molar-refractivity contribution < 1.29 is 8.42 Å². The van der Waals surface area contributed by atoms with Gasteiger partial charge in [0.25, 0.3) is 0 Å². The Kier molecular flexibility index (Phi) is 5.94. The minimum atomic E-state index is -3.50. The SMILES string of the molecule is Cc1nccn1-c1cc(NCCNS(=O)(=O)/C=C/c2ccccc2)ncn1. The van der Waals surface area contributed by atoms with Crippen molar-refractivity contribution in [3.05, 3.63) is 71.9 Å². The van der Waals surface area contributed by atoms with E-state index < -0.39 is 10.0 Å². The van der Waals surface area contributed by atoms with E-state index in [1.807, 2.05) is 48.0 Å². The molecule has 0 aliphatic carbocycles. The molecule has 1 aromatic carbocycles. The van der Waals surface area contributed by atoms with Crippen LogP contribution in [0.3, 0.4) is 0 Å². The van der Waals surface area contributed by atoms with Crippen LogP contribution in [0.4, 0.5) is 5.82 Å². The molecule has 0 fully saturated rings. The lowest BCUT2D eigenvalue weighted by atomic mass is 10.2. The molecule has 0 bridgehead atoms. The number of hydrogen-bond acceptors (Lipinski definition) is 6. The third-order valence-electron chi connectivity index (χ3n) is 3.70. The van der Waals surface area contributed by atoms with Crippen LogP contribution < -0.4 is 10.0 Å². The first-order chi connectivity index (χ1) is 13.0. The van der Waals surface area contributed by atoms with E-state index in [0.717, 1.165) is 16.8 Å². The van der Waals surface area contributed by atoms with Gasteiger partial charge in [-0.05, 0) is 18.6 Å². The van der Waals surface area contributed by atoms with E-state index in [-0.39, 0.29) is 6.54 Å². The highest BCUT2D eigenvalue weighted by Crippen LogP contribution is 2.10. The predicted molar refractivity (Wildman–Crippen MR) is 105 cm³/mol. The Bertz CT molecular complexity index is 1020. The molecule has 0 atom stereocenters. The van der Waals surface area contributed by atoms with Crippen molar-refractivity contribution in [2.75, 3.05) is 18.4 Å². The summed E-state index contributed by atoms with van der Waals surface area (Å²) in [5, 5.41) is 4.24. The minimum absolute atomic E-state index is 0.227. The summed E-state index contributed by atoms with van der Waals surface area (Å²) in [7, 11) is -3.50. The zero-order valence-electron chi connectivity index (χ0n) is 14.8. The Labute approximate surface area is 158 Å². The van der Waals surface area contributed by atoms with Gasteiger partial charge in [-0.25, -0.2) is 28.1 Å². The van der Waals surface area contributed by atoms with Gasteiger partial charge in [0.05, 0.1) is 0 Å². The van der Waals surface area contributed by atoms with Crippen LogP contribution in [0.1, 0.15) is 11.4 Å². The molecule has 140 valence electrons. The van der Waals surface area contributed by atoms with Crippen molar-refractivity contribution in [2.45, 2.75) is 6.92 Å². The Hall–Kier alpha value is -3.04. The van der Waals surface area contributed by atoms with Crippen LogP contribution in [-0.4, -0.2) is 41.0 Å². The molecule has 0 aliphatic heterocycles. The quantitative estimate of drug-likeness (QED) is 0.576. The maximum absolute atomic E-state index is 12.0. The molecule has 8 nitrogen and oxygen atoms in total. The fourth-order valence-corrected chi connectivity index (χ4v) is 3.18. The fourth-order valence-electron chi connectivity index (χ4n) is 2.36. The monoisotopic (exact) mass is 384 g/mol. The molecule has 2 N–H and O–H groups in total. The largest absolute Gasteiger partial charge is 0.369 e. The second-order valence-electron chi connectivity index (χ2n) is 5.69. The third kappa shape index (κ3) is 5.47. The van der Waals surface area contributed by atoms with E-state index >= 15 is 0 Å². The summed E-state index contributed by atoms with van der Waals surface area (Å²) < 4.78 is 28.4. The first-order valence-corrected chi connectivity index (χ1v) is 9.87. The number of aromatic nitrogens is 4. The Morgan fingerprint density at radius 2 is 1.93 bits per heavy atom. The van der Waals surface area contributed by atoms with Crippen LogP contribution in [0.15, 0.2) is 60.5 Å². The van der Waals surface area contributed by atoms with Crippen LogP contribution >= 0.6 is 0 Å². The summed E-state index contributed by atoms with van der Waals surface area (Å²) in [5.41, 5.74) is 0.823. The average molecular weight is 384 g/mol. The Balaban J connectivity index is 1.51. The first kappa shape index (κ1) is 18.7. The lowest BCUT2D eigenvalue weighted by Crippen LogP contribution is -2.27. The summed E-state index contributed by atoms with van der Waals surface area (Å²) in [5.74, 6) is 2.11. The van der Waals surface area contributed by atoms with Crippen molar-refractivity contribution >= 4 is 21.9 Å². The van der Waals surface area contributed by atoms with Gasteiger partial charge < -0.3 is 5.32 Å². The Morgan fingerprint density at radius 3 is 2.67 bits per heavy atom. The van der Waals surface area contributed by atoms with Crippen LogP contribution in [0, 0.1) is 6.92 Å². The number of nitrogens with one attached hydrogen (secondary N) is 2. The smallest absolute Gasteiger partial charge is 0.233 e. The van der Waals surface area contributed by atoms with Gasteiger partial charge in [0.1, 0.15) is 23.8 Å². The van der Waals surface area contributed by atoms with Gasteiger partial charge >= 0.3 is 0 Å². The first-order valence-electron chi connectivity index (χ1n) is 8.32. The summed E-state index contributed by atoms with van der Waals surface area (Å²) in [6.07, 6.45) is 6.51. The van der Waals surface area contributed by atoms with Crippen molar-refractivity contribution in [3.8, 4) is 5.82 Å². The molecule has 0 amide bonds. The van der Waals surface area contributed by atoms with Crippen LogP contribution in [0.5, 0.6) is 0 Å². The normalized spacial score (nSPS) is 11.7. The van der Waals surface area contributed by atoms with E-state index in [9.17, 15) is 8.42 Å². The number of imidazole rings is 1. The topological polar surface area (TPSA) is 102 Å². The number of nitrogens with zero attached hydrogens (tertiary/aromatic N) is 4. The number of rotatable bonds is 8. The second kappa shape index (κ2) is 8.56. The average Bonchev–Trinajstić information content (AvgIpc) is 3.11. The van der Waals surface area contributed by atoms with E-state index in [0.29, 0.717) is 18.2 Å².